The smallest absolute Gasteiger partial charge is 0.223 e. The Kier molecular flexibility index (Phi) is 4.62. The van der Waals surface area contributed by atoms with E-state index in [2.05, 4.69) is 12.2 Å². The predicted molar refractivity (Wildman–Crippen MR) is 69.1 cm³/mol. The zero-order chi connectivity index (χ0) is 13.0. The van der Waals surface area contributed by atoms with E-state index in [0.717, 1.165) is 38.5 Å². The molecule has 1 spiro atoms. The first-order chi connectivity index (χ1) is 8.65. The standard InChI is InChI=1S/C14H25NO3/c1-3-4-11(2)13(16)15-12-5-7-14(8-6-12)17-9-10-18-14/h11-12H,3-10H2,1-2H3,(H,15,16). The van der Waals surface area contributed by atoms with E-state index in [9.17, 15) is 4.79 Å². The monoisotopic (exact) mass is 255 g/mol. The minimum atomic E-state index is -0.323. The van der Waals surface area contributed by atoms with Crippen LogP contribution in [0.15, 0.2) is 0 Å². The van der Waals surface area contributed by atoms with Crippen molar-refractivity contribution >= 4 is 5.91 Å². The van der Waals surface area contributed by atoms with E-state index in [1.54, 1.807) is 0 Å². The van der Waals surface area contributed by atoms with Gasteiger partial charge in [-0.1, -0.05) is 20.3 Å². The molecule has 1 atom stereocenters. The molecule has 1 aliphatic heterocycles. The lowest BCUT2D eigenvalue weighted by atomic mass is 9.89. The average molecular weight is 255 g/mol. The first kappa shape index (κ1) is 13.8. The fourth-order valence-corrected chi connectivity index (χ4v) is 2.90. The Bertz CT molecular complexity index is 277. The molecule has 1 aliphatic carbocycles. The Hall–Kier alpha value is -0.610. The molecule has 0 bridgehead atoms. The van der Waals surface area contributed by atoms with Crippen LogP contribution in [0.3, 0.4) is 0 Å². The molecule has 2 rings (SSSR count). The van der Waals surface area contributed by atoms with Gasteiger partial charge in [-0.2, -0.15) is 0 Å². The van der Waals surface area contributed by atoms with E-state index >= 15 is 0 Å². The molecule has 1 N–H and O–H groups in total. The van der Waals surface area contributed by atoms with Crippen LogP contribution >= 0.6 is 0 Å². The lowest BCUT2D eigenvalue weighted by Crippen LogP contribution is -2.45. The molecule has 4 heteroatoms. The molecule has 1 saturated heterocycles. The maximum Gasteiger partial charge on any atom is 0.223 e. The molecular formula is C14H25NO3. The van der Waals surface area contributed by atoms with E-state index in [1.165, 1.54) is 0 Å². The molecule has 1 amide bonds. The van der Waals surface area contributed by atoms with Gasteiger partial charge in [0.1, 0.15) is 0 Å². The molecule has 1 saturated carbocycles. The summed E-state index contributed by atoms with van der Waals surface area (Å²) in [6.07, 6.45) is 5.76. The first-order valence-corrected chi connectivity index (χ1v) is 7.23. The molecule has 104 valence electrons. The van der Waals surface area contributed by atoms with Crippen LogP contribution in [-0.4, -0.2) is 30.9 Å². The van der Waals surface area contributed by atoms with Crippen LogP contribution in [0.2, 0.25) is 0 Å². The minimum absolute atomic E-state index is 0.130. The van der Waals surface area contributed by atoms with E-state index in [-0.39, 0.29) is 17.6 Å². The summed E-state index contributed by atoms with van der Waals surface area (Å²) in [5.74, 6) is 0.00641. The predicted octanol–water partition coefficient (Wildman–Crippen LogP) is 2.22. The second kappa shape index (κ2) is 6.02. The van der Waals surface area contributed by atoms with Crippen molar-refractivity contribution in [2.45, 2.75) is 64.2 Å². The molecule has 0 radical (unpaired) electrons. The normalized spacial score (nSPS) is 25.2. The van der Waals surface area contributed by atoms with Crippen molar-refractivity contribution < 1.29 is 14.3 Å². The number of nitrogens with one attached hydrogen (secondary N) is 1. The summed E-state index contributed by atoms with van der Waals surface area (Å²) in [5, 5.41) is 3.16. The summed E-state index contributed by atoms with van der Waals surface area (Å²) in [6.45, 7) is 5.55. The quantitative estimate of drug-likeness (QED) is 0.838. The zero-order valence-corrected chi connectivity index (χ0v) is 11.5. The van der Waals surface area contributed by atoms with Gasteiger partial charge in [0.15, 0.2) is 5.79 Å². The van der Waals surface area contributed by atoms with Crippen LogP contribution in [0.5, 0.6) is 0 Å². The lowest BCUT2D eigenvalue weighted by Gasteiger charge is -2.35. The third kappa shape index (κ3) is 3.23. The number of carbonyl (C=O) groups excluding carboxylic acids is 1. The molecule has 4 nitrogen and oxygen atoms in total. The third-order valence-electron chi connectivity index (χ3n) is 4.08. The van der Waals surface area contributed by atoms with Gasteiger partial charge in [-0.3, -0.25) is 4.79 Å². The Morgan fingerprint density at radius 2 is 1.94 bits per heavy atom. The van der Waals surface area contributed by atoms with Gasteiger partial charge in [-0.05, 0) is 19.3 Å². The van der Waals surface area contributed by atoms with Crippen molar-refractivity contribution in [3.8, 4) is 0 Å². The molecule has 0 aromatic rings. The van der Waals surface area contributed by atoms with Crippen LogP contribution in [0.25, 0.3) is 0 Å². The topological polar surface area (TPSA) is 47.6 Å². The van der Waals surface area contributed by atoms with Crippen molar-refractivity contribution in [2.75, 3.05) is 13.2 Å². The van der Waals surface area contributed by atoms with Crippen LogP contribution in [-0.2, 0) is 14.3 Å². The van der Waals surface area contributed by atoms with Gasteiger partial charge >= 0.3 is 0 Å². The van der Waals surface area contributed by atoms with Crippen molar-refractivity contribution in [1.29, 1.82) is 0 Å². The largest absolute Gasteiger partial charge is 0.353 e. The lowest BCUT2D eigenvalue weighted by molar-refractivity contribution is -0.180. The highest BCUT2D eigenvalue weighted by molar-refractivity contribution is 5.78. The highest BCUT2D eigenvalue weighted by Gasteiger charge is 2.40. The molecule has 2 fully saturated rings. The zero-order valence-electron chi connectivity index (χ0n) is 11.5. The van der Waals surface area contributed by atoms with E-state index in [1.807, 2.05) is 6.92 Å². The maximum absolute atomic E-state index is 11.9. The Morgan fingerprint density at radius 1 is 1.33 bits per heavy atom. The number of ether oxygens (including phenoxy) is 2. The first-order valence-electron chi connectivity index (χ1n) is 7.23. The molecule has 0 aromatic heterocycles. The Morgan fingerprint density at radius 3 is 2.50 bits per heavy atom. The van der Waals surface area contributed by atoms with Crippen molar-refractivity contribution in [3.63, 3.8) is 0 Å². The van der Waals surface area contributed by atoms with E-state index in [0.29, 0.717) is 19.3 Å². The van der Waals surface area contributed by atoms with Gasteiger partial charge in [0, 0.05) is 24.8 Å². The molecule has 2 aliphatic rings. The van der Waals surface area contributed by atoms with Gasteiger partial charge in [-0.25, -0.2) is 0 Å². The number of amides is 1. The average Bonchev–Trinajstić information content (AvgIpc) is 2.81. The third-order valence-corrected chi connectivity index (χ3v) is 4.08. The molecular weight excluding hydrogens is 230 g/mol. The Balaban J connectivity index is 1.74. The van der Waals surface area contributed by atoms with Crippen LogP contribution in [0.1, 0.15) is 52.4 Å². The summed E-state index contributed by atoms with van der Waals surface area (Å²) in [5.41, 5.74) is 0. The number of hydrogen-bond acceptors (Lipinski definition) is 3. The van der Waals surface area contributed by atoms with Gasteiger partial charge in [-0.15, -0.1) is 0 Å². The maximum atomic E-state index is 11.9. The van der Waals surface area contributed by atoms with Crippen LogP contribution in [0.4, 0.5) is 0 Å². The van der Waals surface area contributed by atoms with Gasteiger partial charge in [0.2, 0.25) is 5.91 Å². The molecule has 1 heterocycles. The summed E-state index contributed by atoms with van der Waals surface area (Å²) in [4.78, 5) is 11.9. The van der Waals surface area contributed by atoms with Crippen molar-refractivity contribution in [2.24, 2.45) is 5.92 Å². The van der Waals surface area contributed by atoms with E-state index < -0.39 is 0 Å². The second-order valence-electron chi connectivity index (χ2n) is 5.58. The highest BCUT2D eigenvalue weighted by atomic mass is 16.7. The number of rotatable bonds is 4. The minimum Gasteiger partial charge on any atom is -0.353 e. The van der Waals surface area contributed by atoms with Gasteiger partial charge < -0.3 is 14.8 Å². The van der Waals surface area contributed by atoms with Crippen molar-refractivity contribution in [3.05, 3.63) is 0 Å². The number of carbonyl (C=O) groups is 1. The number of hydrogen-bond donors (Lipinski definition) is 1. The Labute approximate surface area is 109 Å². The summed E-state index contributed by atoms with van der Waals surface area (Å²) in [6, 6.07) is 0.301. The molecule has 0 aromatic carbocycles. The highest BCUT2D eigenvalue weighted by Crippen LogP contribution is 2.35. The fourth-order valence-electron chi connectivity index (χ4n) is 2.90. The molecule has 18 heavy (non-hydrogen) atoms. The van der Waals surface area contributed by atoms with Crippen LogP contribution in [0, 0.1) is 5.92 Å². The summed E-state index contributed by atoms with van der Waals surface area (Å²) in [7, 11) is 0. The van der Waals surface area contributed by atoms with Gasteiger partial charge in [0.25, 0.3) is 0 Å². The van der Waals surface area contributed by atoms with Crippen LogP contribution < -0.4 is 5.32 Å². The van der Waals surface area contributed by atoms with E-state index in [4.69, 9.17) is 9.47 Å². The SMILES string of the molecule is CCCC(C)C(=O)NC1CCC2(CC1)OCCO2. The second-order valence-corrected chi connectivity index (χ2v) is 5.58. The fraction of sp³-hybridized carbons (Fsp3) is 0.929. The summed E-state index contributed by atoms with van der Waals surface area (Å²) >= 11 is 0. The van der Waals surface area contributed by atoms with Gasteiger partial charge in [0.05, 0.1) is 13.2 Å². The van der Waals surface area contributed by atoms with Crippen molar-refractivity contribution in [1.82, 2.24) is 5.32 Å². The summed E-state index contributed by atoms with van der Waals surface area (Å²) < 4.78 is 11.4. The molecule has 1 unspecified atom stereocenters.